The molecule has 10 nitrogen and oxygen atoms in total. The van der Waals surface area contributed by atoms with Crippen LogP contribution in [0.4, 0.5) is 0 Å². The predicted octanol–water partition coefficient (Wildman–Crippen LogP) is 1.26. The SMILES string of the molecule is COc1ccc(C2OCC3OC(OC(C)=O)C(OC(C)=O)C(OC(C)=O)C3O2)cc1. The van der Waals surface area contributed by atoms with Gasteiger partial charge in [-0.2, -0.15) is 0 Å². The predicted molar refractivity (Wildman–Crippen MR) is 98.1 cm³/mol. The third kappa shape index (κ3) is 5.07. The Morgan fingerprint density at radius 1 is 0.867 bits per heavy atom. The van der Waals surface area contributed by atoms with Crippen LogP contribution < -0.4 is 4.74 Å². The first-order valence-corrected chi connectivity index (χ1v) is 9.36. The average Bonchev–Trinajstić information content (AvgIpc) is 2.69. The number of benzene rings is 1. The number of carbonyl (C=O) groups is 3. The molecule has 0 N–H and O–H groups in total. The van der Waals surface area contributed by atoms with Crippen LogP contribution in [0.5, 0.6) is 5.75 Å². The fourth-order valence-electron chi connectivity index (χ4n) is 3.38. The van der Waals surface area contributed by atoms with Crippen LogP contribution >= 0.6 is 0 Å². The van der Waals surface area contributed by atoms with Crippen LogP contribution in [0, 0.1) is 0 Å². The molecule has 0 spiro atoms. The Morgan fingerprint density at radius 3 is 2.03 bits per heavy atom. The molecule has 6 unspecified atom stereocenters. The lowest BCUT2D eigenvalue weighted by molar-refractivity contribution is -0.356. The summed E-state index contributed by atoms with van der Waals surface area (Å²) in [5, 5.41) is 0. The van der Waals surface area contributed by atoms with Gasteiger partial charge in [0.05, 0.1) is 13.7 Å². The minimum Gasteiger partial charge on any atom is -0.497 e. The zero-order valence-corrected chi connectivity index (χ0v) is 17.1. The Morgan fingerprint density at radius 2 is 1.47 bits per heavy atom. The van der Waals surface area contributed by atoms with E-state index in [0.717, 1.165) is 0 Å². The topological polar surface area (TPSA) is 116 Å². The lowest BCUT2D eigenvalue weighted by Gasteiger charge is -2.47. The van der Waals surface area contributed by atoms with Crippen molar-refractivity contribution in [2.24, 2.45) is 0 Å². The van der Waals surface area contributed by atoms with Gasteiger partial charge in [0.1, 0.15) is 18.0 Å². The summed E-state index contributed by atoms with van der Waals surface area (Å²) in [5.41, 5.74) is 0.710. The first-order valence-electron chi connectivity index (χ1n) is 9.36. The monoisotopic (exact) mass is 424 g/mol. The van der Waals surface area contributed by atoms with Crippen molar-refractivity contribution in [2.75, 3.05) is 13.7 Å². The van der Waals surface area contributed by atoms with Crippen molar-refractivity contribution >= 4 is 17.9 Å². The van der Waals surface area contributed by atoms with E-state index in [4.69, 9.17) is 33.2 Å². The summed E-state index contributed by atoms with van der Waals surface area (Å²) in [6, 6.07) is 7.07. The molecule has 2 heterocycles. The van der Waals surface area contributed by atoms with Crippen LogP contribution in [0.3, 0.4) is 0 Å². The first-order chi connectivity index (χ1) is 14.3. The largest absolute Gasteiger partial charge is 0.497 e. The molecule has 0 aromatic heterocycles. The standard InChI is InChI=1S/C20H24O10/c1-10(21)26-17-16-15(29-20(28-12(3)23)18(17)27-11(2)22)9-25-19(30-16)13-5-7-14(24-4)8-6-13/h5-8,15-20H,9H2,1-4H3. The molecule has 2 saturated heterocycles. The molecule has 0 bridgehead atoms. The maximum absolute atomic E-state index is 11.8. The Hall–Kier alpha value is -2.69. The number of ether oxygens (including phenoxy) is 7. The Labute approximate surface area is 173 Å². The van der Waals surface area contributed by atoms with Crippen LogP contribution in [0.25, 0.3) is 0 Å². The summed E-state index contributed by atoms with van der Waals surface area (Å²) in [5.74, 6) is -1.25. The van der Waals surface area contributed by atoms with Crippen LogP contribution in [-0.2, 0) is 42.8 Å². The third-order valence-electron chi connectivity index (χ3n) is 4.56. The normalized spacial score (nSPS) is 30.5. The molecule has 1 aromatic carbocycles. The summed E-state index contributed by atoms with van der Waals surface area (Å²) in [6.07, 6.45) is -5.87. The van der Waals surface area contributed by atoms with Gasteiger partial charge >= 0.3 is 17.9 Å². The molecule has 2 fully saturated rings. The van der Waals surface area contributed by atoms with Crippen molar-refractivity contribution < 1.29 is 47.5 Å². The van der Waals surface area contributed by atoms with Gasteiger partial charge in [-0.25, -0.2) is 0 Å². The van der Waals surface area contributed by atoms with E-state index in [2.05, 4.69) is 0 Å². The summed E-state index contributed by atoms with van der Waals surface area (Å²) in [7, 11) is 1.56. The Bertz CT molecular complexity index is 776. The molecule has 6 atom stereocenters. The molecule has 3 rings (SSSR count). The number of carbonyl (C=O) groups excluding carboxylic acids is 3. The van der Waals surface area contributed by atoms with E-state index >= 15 is 0 Å². The molecule has 2 aliphatic rings. The van der Waals surface area contributed by atoms with E-state index < -0.39 is 54.9 Å². The van der Waals surface area contributed by atoms with E-state index in [1.165, 1.54) is 20.8 Å². The number of esters is 3. The van der Waals surface area contributed by atoms with E-state index in [9.17, 15) is 14.4 Å². The summed E-state index contributed by atoms with van der Waals surface area (Å²) in [4.78, 5) is 34.9. The highest BCUT2D eigenvalue weighted by Gasteiger charge is 2.54. The highest BCUT2D eigenvalue weighted by molar-refractivity contribution is 5.68. The highest BCUT2D eigenvalue weighted by Crippen LogP contribution is 2.37. The Kier molecular flexibility index (Phi) is 6.91. The van der Waals surface area contributed by atoms with Crippen molar-refractivity contribution in [3.05, 3.63) is 29.8 Å². The van der Waals surface area contributed by atoms with E-state index in [0.29, 0.717) is 11.3 Å². The van der Waals surface area contributed by atoms with Crippen molar-refractivity contribution in [1.29, 1.82) is 0 Å². The number of methoxy groups -OCH3 is 1. The highest BCUT2D eigenvalue weighted by atomic mass is 16.8. The molecule has 2 aliphatic heterocycles. The van der Waals surface area contributed by atoms with E-state index in [1.54, 1.807) is 31.4 Å². The molecule has 10 heteroatoms. The molecule has 164 valence electrons. The van der Waals surface area contributed by atoms with Gasteiger partial charge < -0.3 is 33.2 Å². The molecule has 1 aromatic rings. The van der Waals surface area contributed by atoms with Crippen molar-refractivity contribution in [3.63, 3.8) is 0 Å². The fraction of sp³-hybridized carbons (Fsp3) is 0.550. The molecule has 0 aliphatic carbocycles. The van der Waals surface area contributed by atoms with Gasteiger partial charge in [-0.1, -0.05) is 12.1 Å². The maximum Gasteiger partial charge on any atom is 0.305 e. The van der Waals surface area contributed by atoms with Gasteiger partial charge in [0, 0.05) is 26.3 Å². The number of hydrogen-bond acceptors (Lipinski definition) is 10. The zero-order valence-electron chi connectivity index (χ0n) is 17.1. The maximum atomic E-state index is 11.8. The number of hydrogen-bond donors (Lipinski definition) is 0. The smallest absolute Gasteiger partial charge is 0.305 e. The summed E-state index contributed by atoms with van der Waals surface area (Å²) >= 11 is 0. The lowest BCUT2D eigenvalue weighted by atomic mass is 9.97. The van der Waals surface area contributed by atoms with E-state index in [-0.39, 0.29) is 6.61 Å². The van der Waals surface area contributed by atoms with Gasteiger partial charge in [-0.05, 0) is 12.1 Å². The van der Waals surface area contributed by atoms with Gasteiger partial charge in [0.15, 0.2) is 12.4 Å². The molecular weight excluding hydrogens is 400 g/mol. The van der Waals surface area contributed by atoms with E-state index in [1.807, 2.05) is 0 Å². The summed E-state index contributed by atoms with van der Waals surface area (Å²) < 4.78 is 38.5. The minimum atomic E-state index is -1.28. The van der Waals surface area contributed by atoms with Crippen molar-refractivity contribution in [2.45, 2.75) is 57.8 Å². The molecule has 30 heavy (non-hydrogen) atoms. The van der Waals surface area contributed by atoms with Gasteiger partial charge in [0.2, 0.25) is 12.4 Å². The zero-order chi connectivity index (χ0) is 21.8. The van der Waals surface area contributed by atoms with Crippen LogP contribution in [0.2, 0.25) is 0 Å². The minimum absolute atomic E-state index is 0.0731. The van der Waals surface area contributed by atoms with Gasteiger partial charge in [-0.3, -0.25) is 14.4 Å². The van der Waals surface area contributed by atoms with Crippen LogP contribution in [0.1, 0.15) is 32.6 Å². The lowest BCUT2D eigenvalue weighted by Crippen LogP contribution is -2.64. The fourth-order valence-corrected chi connectivity index (χ4v) is 3.38. The van der Waals surface area contributed by atoms with Gasteiger partial charge in [-0.15, -0.1) is 0 Å². The molecule has 0 amide bonds. The van der Waals surface area contributed by atoms with Crippen LogP contribution in [0.15, 0.2) is 24.3 Å². The third-order valence-corrected chi connectivity index (χ3v) is 4.56. The molecular formula is C20H24O10. The summed E-state index contributed by atoms with van der Waals surface area (Å²) in [6.45, 7) is 3.67. The Balaban J connectivity index is 1.87. The first kappa shape index (κ1) is 22.0. The average molecular weight is 424 g/mol. The van der Waals surface area contributed by atoms with Crippen molar-refractivity contribution in [3.8, 4) is 5.75 Å². The quantitative estimate of drug-likeness (QED) is 0.505. The van der Waals surface area contributed by atoms with Gasteiger partial charge in [0.25, 0.3) is 0 Å². The molecule has 0 radical (unpaired) electrons. The van der Waals surface area contributed by atoms with Crippen molar-refractivity contribution in [1.82, 2.24) is 0 Å². The number of rotatable bonds is 5. The second kappa shape index (κ2) is 9.41. The number of fused-ring (bicyclic) bond motifs is 1. The second-order valence-corrected chi connectivity index (χ2v) is 6.84. The van der Waals surface area contributed by atoms with Crippen LogP contribution in [-0.4, -0.2) is 62.3 Å². The second-order valence-electron chi connectivity index (χ2n) is 6.84. The molecule has 0 saturated carbocycles.